The van der Waals surface area contributed by atoms with Gasteiger partial charge in [0, 0.05) is 34.3 Å². The van der Waals surface area contributed by atoms with Crippen LogP contribution in [0.15, 0.2) is 18.2 Å². The van der Waals surface area contributed by atoms with E-state index in [1.807, 2.05) is 36.9 Å². The Hall–Kier alpha value is -1.20. The summed E-state index contributed by atoms with van der Waals surface area (Å²) in [5.41, 5.74) is 2.57. The van der Waals surface area contributed by atoms with Crippen molar-refractivity contribution >= 4 is 23.4 Å². The van der Waals surface area contributed by atoms with Gasteiger partial charge in [-0.05, 0) is 31.5 Å². The van der Waals surface area contributed by atoms with Gasteiger partial charge in [-0.1, -0.05) is 26.8 Å². The number of thioether (sulfide) groups is 1. The summed E-state index contributed by atoms with van der Waals surface area (Å²) in [6, 6.07) is 6.00. The van der Waals surface area contributed by atoms with Gasteiger partial charge in [0.05, 0.1) is 6.61 Å². The van der Waals surface area contributed by atoms with Gasteiger partial charge in [0.1, 0.15) is 0 Å². The molecule has 1 rings (SSSR count). The molecule has 124 valence electrons. The van der Waals surface area contributed by atoms with E-state index in [9.17, 15) is 4.79 Å². The van der Waals surface area contributed by atoms with Crippen LogP contribution in [-0.2, 0) is 0 Å². The van der Waals surface area contributed by atoms with Gasteiger partial charge in [0.25, 0.3) is 5.91 Å². The summed E-state index contributed by atoms with van der Waals surface area (Å²) < 4.78 is 0.247. The minimum Gasteiger partial charge on any atom is -0.395 e. The molecule has 0 aliphatic rings. The lowest BCUT2D eigenvalue weighted by Crippen LogP contribution is -2.27. The number of nitrogens with one attached hydrogen (secondary N) is 2. The zero-order valence-corrected chi connectivity index (χ0v) is 15.0. The standard InChI is InChI=1S/C17H28N2O2S/c1-12(11-22-17(3,4)5)19-15-8-6-7-14(13(15)2)16(21)18-9-10-20/h6-8,12,19-20H,9-11H2,1-5H3,(H,18,21). The summed E-state index contributed by atoms with van der Waals surface area (Å²) in [6.45, 7) is 10.9. The van der Waals surface area contributed by atoms with Gasteiger partial charge in [-0.2, -0.15) is 11.8 Å². The normalized spacial score (nSPS) is 12.8. The quantitative estimate of drug-likeness (QED) is 0.721. The molecule has 0 heterocycles. The van der Waals surface area contributed by atoms with Gasteiger partial charge in [-0.15, -0.1) is 0 Å². The molecular formula is C17H28N2O2S. The van der Waals surface area contributed by atoms with Crippen LogP contribution in [0, 0.1) is 6.92 Å². The van der Waals surface area contributed by atoms with Gasteiger partial charge in [-0.25, -0.2) is 0 Å². The lowest BCUT2D eigenvalue weighted by molar-refractivity contribution is 0.0944. The molecule has 3 N–H and O–H groups in total. The number of aliphatic hydroxyl groups is 1. The van der Waals surface area contributed by atoms with Crippen molar-refractivity contribution in [2.75, 3.05) is 24.2 Å². The summed E-state index contributed by atoms with van der Waals surface area (Å²) in [5.74, 6) is 0.857. The van der Waals surface area contributed by atoms with E-state index in [1.54, 1.807) is 0 Å². The van der Waals surface area contributed by atoms with E-state index in [-0.39, 0.29) is 23.8 Å². The molecule has 0 bridgehead atoms. The summed E-state index contributed by atoms with van der Waals surface area (Å²) in [5, 5.41) is 15.0. The molecule has 0 aromatic heterocycles. The maximum Gasteiger partial charge on any atom is 0.251 e. The number of anilines is 1. The van der Waals surface area contributed by atoms with Gasteiger partial charge in [-0.3, -0.25) is 4.79 Å². The highest BCUT2D eigenvalue weighted by Gasteiger charge is 2.15. The van der Waals surface area contributed by atoms with E-state index >= 15 is 0 Å². The van der Waals surface area contributed by atoms with Crippen LogP contribution in [0.1, 0.15) is 43.6 Å². The Morgan fingerprint density at radius 3 is 2.64 bits per heavy atom. The van der Waals surface area contributed by atoms with Crippen LogP contribution in [-0.4, -0.2) is 40.7 Å². The highest BCUT2D eigenvalue weighted by atomic mass is 32.2. The maximum absolute atomic E-state index is 12.1. The molecule has 1 aromatic rings. The first-order chi connectivity index (χ1) is 10.2. The first-order valence-corrected chi connectivity index (χ1v) is 8.62. The van der Waals surface area contributed by atoms with E-state index in [2.05, 4.69) is 38.3 Å². The van der Waals surface area contributed by atoms with Gasteiger partial charge < -0.3 is 15.7 Å². The maximum atomic E-state index is 12.1. The summed E-state index contributed by atoms with van der Waals surface area (Å²) in [7, 11) is 0. The third kappa shape index (κ3) is 6.28. The highest BCUT2D eigenvalue weighted by molar-refractivity contribution is 8.00. The summed E-state index contributed by atoms with van der Waals surface area (Å²) in [6.07, 6.45) is 0. The number of rotatable bonds is 7. The number of hydrogen-bond donors (Lipinski definition) is 3. The molecule has 1 aromatic carbocycles. The SMILES string of the molecule is Cc1c(NC(C)CSC(C)(C)C)cccc1C(=O)NCCO. The van der Waals surface area contributed by atoms with Gasteiger partial charge in [0.15, 0.2) is 0 Å². The largest absolute Gasteiger partial charge is 0.395 e. The lowest BCUT2D eigenvalue weighted by Gasteiger charge is -2.23. The van der Waals surface area contributed by atoms with Crippen LogP contribution in [0.2, 0.25) is 0 Å². The fourth-order valence-corrected chi connectivity index (χ4v) is 2.82. The number of carbonyl (C=O) groups excluding carboxylic acids is 1. The predicted octanol–water partition coefficient (Wildman–Crippen LogP) is 3.05. The van der Waals surface area contributed by atoms with E-state index in [0.29, 0.717) is 11.6 Å². The number of carbonyl (C=O) groups is 1. The predicted molar refractivity (Wildman–Crippen MR) is 95.9 cm³/mol. The number of benzene rings is 1. The van der Waals surface area contributed by atoms with Gasteiger partial charge in [0.2, 0.25) is 0 Å². The first kappa shape index (κ1) is 18.8. The van der Waals surface area contributed by atoms with Crippen LogP contribution < -0.4 is 10.6 Å². The van der Waals surface area contributed by atoms with Crippen LogP contribution in [0.3, 0.4) is 0 Å². The molecular weight excluding hydrogens is 296 g/mol. The second kappa shape index (κ2) is 8.44. The molecule has 0 spiro atoms. The average molecular weight is 324 g/mol. The van der Waals surface area contributed by atoms with Crippen LogP contribution in [0.4, 0.5) is 5.69 Å². The monoisotopic (exact) mass is 324 g/mol. The number of amides is 1. The second-order valence-electron chi connectivity index (χ2n) is 6.43. The molecule has 0 saturated heterocycles. The molecule has 1 atom stereocenters. The zero-order chi connectivity index (χ0) is 16.8. The lowest BCUT2D eigenvalue weighted by atomic mass is 10.1. The molecule has 0 radical (unpaired) electrons. The van der Waals surface area contributed by atoms with Crippen molar-refractivity contribution in [1.29, 1.82) is 0 Å². The van der Waals surface area contributed by atoms with Crippen molar-refractivity contribution in [2.45, 2.75) is 45.4 Å². The first-order valence-electron chi connectivity index (χ1n) is 7.63. The van der Waals surface area contributed by atoms with E-state index < -0.39 is 0 Å². The van der Waals surface area contributed by atoms with E-state index in [1.165, 1.54) is 0 Å². The molecule has 0 saturated carbocycles. The van der Waals surface area contributed by atoms with Crippen molar-refractivity contribution in [3.05, 3.63) is 29.3 Å². The summed E-state index contributed by atoms with van der Waals surface area (Å²) >= 11 is 1.92. The fraction of sp³-hybridized carbons (Fsp3) is 0.588. The van der Waals surface area contributed by atoms with Crippen LogP contribution in [0.5, 0.6) is 0 Å². The smallest absolute Gasteiger partial charge is 0.251 e. The molecule has 22 heavy (non-hydrogen) atoms. The number of aliphatic hydroxyl groups excluding tert-OH is 1. The third-order valence-corrected chi connectivity index (χ3v) is 4.68. The molecule has 4 nitrogen and oxygen atoms in total. The Kier molecular flexibility index (Phi) is 7.23. The molecule has 5 heteroatoms. The third-order valence-electron chi connectivity index (χ3n) is 3.14. The van der Waals surface area contributed by atoms with Crippen molar-refractivity contribution in [3.63, 3.8) is 0 Å². The Morgan fingerprint density at radius 1 is 1.36 bits per heavy atom. The molecule has 1 unspecified atom stereocenters. The Balaban J connectivity index is 2.73. The average Bonchev–Trinajstić information content (AvgIpc) is 2.44. The molecule has 1 amide bonds. The van der Waals surface area contributed by atoms with Crippen molar-refractivity contribution < 1.29 is 9.90 Å². The van der Waals surface area contributed by atoms with Crippen LogP contribution in [0.25, 0.3) is 0 Å². The zero-order valence-electron chi connectivity index (χ0n) is 14.2. The van der Waals surface area contributed by atoms with E-state index in [0.717, 1.165) is 17.0 Å². The van der Waals surface area contributed by atoms with E-state index in [4.69, 9.17) is 5.11 Å². The fourth-order valence-electron chi connectivity index (χ4n) is 1.98. The Bertz CT molecular complexity index is 498. The van der Waals surface area contributed by atoms with Crippen molar-refractivity contribution in [3.8, 4) is 0 Å². The molecule has 0 fully saturated rings. The topological polar surface area (TPSA) is 61.4 Å². The molecule has 0 aliphatic heterocycles. The number of hydrogen-bond acceptors (Lipinski definition) is 4. The summed E-state index contributed by atoms with van der Waals surface area (Å²) in [4.78, 5) is 12.1. The second-order valence-corrected chi connectivity index (χ2v) is 8.27. The highest BCUT2D eigenvalue weighted by Crippen LogP contribution is 2.25. The molecule has 0 aliphatic carbocycles. The minimum atomic E-state index is -0.146. The van der Waals surface area contributed by atoms with Crippen molar-refractivity contribution in [2.24, 2.45) is 0 Å². The van der Waals surface area contributed by atoms with Crippen molar-refractivity contribution in [1.82, 2.24) is 5.32 Å². The Labute approximate surface area is 138 Å². The van der Waals surface area contributed by atoms with Crippen LogP contribution >= 0.6 is 11.8 Å². The van der Waals surface area contributed by atoms with Gasteiger partial charge >= 0.3 is 0 Å². The Morgan fingerprint density at radius 2 is 2.05 bits per heavy atom. The minimum absolute atomic E-state index is 0.0518.